The van der Waals surface area contributed by atoms with Gasteiger partial charge in [0.1, 0.15) is 11.6 Å². The monoisotopic (exact) mass is 327 g/mol. The Labute approximate surface area is 130 Å². The van der Waals surface area contributed by atoms with Gasteiger partial charge in [-0.15, -0.1) is 0 Å². The number of anilines is 1. The average molecular weight is 328 g/mol. The van der Waals surface area contributed by atoms with Crippen LogP contribution in [-0.2, 0) is 9.53 Å². The number of carbonyl (C=O) groups is 2. The second-order valence-corrected chi connectivity index (χ2v) is 4.86. The first kappa shape index (κ1) is 16.8. The molecule has 0 bridgehead atoms. The average Bonchev–Trinajstić information content (AvgIpc) is 2.40. The lowest BCUT2D eigenvalue weighted by Gasteiger charge is -2.08. The number of nitrogens with zero attached hydrogens (tertiary/aromatic N) is 1. The Kier molecular flexibility index (Phi) is 5.59. The highest BCUT2D eigenvalue weighted by molar-refractivity contribution is 6.37. The highest BCUT2D eigenvalue weighted by Crippen LogP contribution is 2.28. The molecule has 0 unspecified atom stereocenters. The number of carbonyl (C=O) groups excluding carboxylic acids is 2. The molecule has 110 valence electrons. The fourth-order valence-electron chi connectivity index (χ4n) is 1.41. The molecule has 1 aromatic carbocycles. The molecule has 0 atom stereocenters. The lowest BCUT2D eigenvalue weighted by molar-refractivity contribution is -0.118. The standard InChI is InChI=1S/C13H11Cl2N3O3/c1-6(17)9(4-16)11(19)5-21-13(20)8-2-7(14)3-10(15)12(8)18/h2-3H,5,17-18H2,1H3/b9-6-. The smallest absolute Gasteiger partial charge is 0.340 e. The number of hydrogen-bond acceptors (Lipinski definition) is 6. The first-order chi connectivity index (χ1) is 9.77. The van der Waals surface area contributed by atoms with Gasteiger partial charge in [-0.05, 0) is 19.1 Å². The summed E-state index contributed by atoms with van der Waals surface area (Å²) in [4.78, 5) is 23.5. The van der Waals surface area contributed by atoms with Crippen molar-refractivity contribution in [2.75, 3.05) is 12.3 Å². The Morgan fingerprint density at radius 3 is 2.52 bits per heavy atom. The van der Waals surface area contributed by atoms with Gasteiger partial charge in [0.25, 0.3) is 0 Å². The van der Waals surface area contributed by atoms with Crippen LogP contribution in [-0.4, -0.2) is 18.4 Å². The minimum Gasteiger partial charge on any atom is -0.454 e. The van der Waals surface area contributed by atoms with Crippen LogP contribution >= 0.6 is 23.2 Å². The Bertz CT molecular complexity index is 674. The van der Waals surface area contributed by atoms with E-state index in [1.54, 1.807) is 6.07 Å². The van der Waals surface area contributed by atoms with E-state index in [4.69, 9.17) is 44.7 Å². The SMILES string of the molecule is C/C(N)=C(\C#N)C(=O)COC(=O)c1cc(Cl)cc(Cl)c1N. The Balaban J connectivity index is 2.88. The molecule has 0 fully saturated rings. The van der Waals surface area contributed by atoms with Crippen LogP contribution in [0.4, 0.5) is 5.69 Å². The van der Waals surface area contributed by atoms with E-state index in [0.717, 1.165) is 0 Å². The molecule has 0 aliphatic rings. The molecule has 8 heteroatoms. The first-order valence-corrected chi connectivity index (χ1v) is 6.34. The van der Waals surface area contributed by atoms with Crippen LogP contribution in [0, 0.1) is 11.3 Å². The maximum absolute atomic E-state index is 11.9. The van der Waals surface area contributed by atoms with Gasteiger partial charge in [-0.1, -0.05) is 23.2 Å². The number of hydrogen-bond donors (Lipinski definition) is 2. The van der Waals surface area contributed by atoms with Crippen LogP contribution in [0.15, 0.2) is 23.4 Å². The van der Waals surface area contributed by atoms with Crippen molar-refractivity contribution in [3.63, 3.8) is 0 Å². The molecule has 1 aromatic rings. The molecule has 4 N–H and O–H groups in total. The summed E-state index contributed by atoms with van der Waals surface area (Å²) in [5, 5.41) is 9.05. The zero-order valence-corrected chi connectivity index (χ0v) is 12.5. The van der Waals surface area contributed by atoms with Crippen molar-refractivity contribution in [2.45, 2.75) is 6.92 Å². The van der Waals surface area contributed by atoms with Crippen molar-refractivity contribution in [3.8, 4) is 6.07 Å². The fraction of sp³-hybridized carbons (Fsp3) is 0.154. The van der Waals surface area contributed by atoms with Gasteiger partial charge in [0.05, 0.1) is 16.3 Å². The summed E-state index contributed by atoms with van der Waals surface area (Å²) in [7, 11) is 0. The Morgan fingerprint density at radius 1 is 1.38 bits per heavy atom. The van der Waals surface area contributed by atoms with Gasteiger partial charge in [-0.2, -0.15) is 5.26 Å². The fourth-order valence-corrected chi connectivity index (χ4v) is 1.90. The molecule has 0 aliphatic heterocycles. The molecule has 0 spiro atoms. The van der Waals surface area contributed by atoms with Crippen molar-refractivity contribution in [1.29, 1.82) is 5.26 Å². The van der Waals surface area contributed by atoms with Gasteiger partial charge in [0.2, 0.25) is 5.78 Å². The van der Waals surface area contributed by atoms with Gasteiger partial charge in [0, 0.05) is 10.7 Å². The number of ketones is 1. The summed E-state index contributed by atoms with van der Waals surface area (Å²) in [6, 6.07) is 4.28. The first-order valence-electron chi connectivity index (χ1n) is 5.59. The highest BCUT2D eigenvalue weighted by atomic mass is 35.5. The minimum atomic E-state index is -0.878. The summed E-state index contributed by atoms with van der Waals surface area (Å²) in [6.45, 7) is 0.757. The van der Waals surface area contributed by atoms with Gasteiger partial charge < -0.3 is 16.2 Å². The van der Waals surface area contributed by atoms with Gasteiger partial charge >= 0.3 is 5.97 Å². The molecule has 0 amide bonds. The zero-order chi connectivity index (χ0) is 16.2. The predicted molar refractivity (Wildman–Crippen MR) is 78.7 cm³/mol. The lowest BCUT2D eigenvalue weighted by atomic mass is 10.1. The van der Waals surface area contributed by atoms with E-state index in [9.17, 15) is 9.59 Å². The molecule has 0 heterocycles. The van der Waals surface area contributed by atoms with Crippen LogP contribution < -0.4 is 11.5 Å². The molecule has 0 aromatic heterocycles. The maximum atomic E-state index is 11.9. The molecule has 0 saturated heterocycles. The van der Waals surface area contributed by atoms with Crippen LogP contribution in [0.5, 0.6) is 0 Å². The number of Topliss-reactive ketones (excluding diaryl/α,β-unsaturated/α-hetero) is 1. The number of rotatable bonds is 4. The second kappa shape index (κ2) is 6.97. The number of nitrogens with two attached hydrogens (primary N) is 2. The van der Waals surface area contributed by atoms with E-state index in [1.807, 2.05) is 0 Å². The van der Waals surface area contributed by atoms with Gasteiger partial charge in [0.15, 0.2) is 6.61 Å². The summed E-state index contributed by atoms with van der Waals surface area (Å²) in [5.74, 6) is -1.59. The predicted octanol–water partition coefficient (Wildman–Crippen LogP) is 2.06. The largest absolute Gasteiger partial charge is 0.454 e. The molecule has 0 saturated carbocycles. The number of esters is 1. The zero-order valence-electron chi connectivity index (χ0n) is 10.9. The van der Waals surface area contributed by atoms with Crippen molar-refractivity contribution < 1.29 is 14.3 Å². The topological polar surface area (TPSA) is 119 Å². The van der Waals surface area contributed by atoms with Crippen molar-refractivity contribution in [1.82, 2.24) is 0 Å². The minimum absolute atomic E-state index is 0.00966. The van der Waals surface area contributed by atoms with Crippen LogP contribution in [0.3, 0.4) is 0 Å². The lowest BCUT2D eigenvalue weighted by Crippen LogP contribution is -2.18. The Hall–Kier alpha value is -2.23. The molecular weight excluding hydrogens is 317 g/mol. The van der Waals surface area contributed by atoms with Crippen LogP contribution in [0.25, 0.3) is 0 Å². The molecular formula is C13H11Cl2N3O3. The molecule has 1 rings (SSSR count). The van der Waals surface area contributed by atoms with Crippen LogP contribution in [0.2, 0.25) is 10.0 Å². The number of nitriles is 1. The highest BCUT2D eigenvalue weighted by Gasteiger charge is 2.18. The third-order valence-electron chi connectivity index (χ3n) is 2.43. The molecule has 0 aliphatic carbocycles. The number of nitrogen functional groups attached to an aromatic ring is 1. The molecule has 21 heavy (non-hydrogen) atoms. The quantitative estimate of drug-likeness (QED) is 0.378. The van der Waals surface area contributed by atoms with Crippen molar-refractivity contribution >= 4 is 40.6 Å². The van der Waals surface area contributed by atoms with Gasteiger partial charge in [-0.25, -0.2) is 4.79 Å². The van der Waals surface area contributed by atoms with Crippen molar-refractivity contribution in [3.05, 3.63) is 39.0 Å². The van der Waals surface area contributed by atoms with E-state index in [1.165, 1.54) is 19.1 Å². The van der Waals surface area contributed by atoms with E-state index in [2.05, 4.69) is 0 Å². The number of ether oxygens (including phenoxy) is 1. The number of benzene rings is 1. The summed E-state index contributed by atoms with van der Waals surface area (Å²) < 4.78 is 4.79. The van der Waals surface area contributed by atoms with Crippen molar-refractivity contribution in [2.24, 2.45) is 5.73 Å². The van der Waals surface area contributed by atoms with E-state index in [-0.39, 0.29) is 32.6 Å². The van der Waals surface area contributed by atoms with Crippen LogP contribution in [0.1, 0.15) is 17.3 Å². The number of allylic oxidation sites excluding steroid dienone is 1. The summed E-state index contributed by atoms with van der Waals surface area (Å²) in [6.07, 6.45) is 0. The van der Waals surface area contributed by atoms with E-state index >= 15 is 0 Å². The maximum Gasteiger partial charge on any atom is 0.340 e. The Morgan fingerprint density at radius 2 is 2.00 bits per heavy atom. The molecule has 0 radical (unpaired) electrons. The van der Waals surface area contributed by atoms with E-state index in [0.29, 0.717) is 0 Å². The second-order valence-electron chi connectivity index (χ2n) is 4.02. The summed E-state index contributed by atoms with van der Waals surface area (Å²) >= 11 is 11.6. The molecule has 6 nitrogen and oxygen atoms in total. The summed E-state index contributed by atoms with van der Waals surface area (Å²) in [5.41, 5.74) is 10.7. The number of halogens is 2. The normalized spacial score (nSPS) is 11.3. The third kappa shape index (κ3) is 4.12. The van der Waals surface area contributed by atoms with Gasteiger partial charge in [-0.3, -0.25) is 4.79 Å². The third-order valence-corrected chi connectivity index (χ3v) is 2.96. The van der Waals surface area contributed by atoms with E-state index < -0.39 is 18.4 Å².